The highest BCUT2D eigenvalue weighted by Crippen LogP contribution is 2.37. The van der Waals surface area contributed by atoms with Gasteiger partial charge in [0.05, 0.1) is 11.1 Å². The summed E-state index contributed by atoms with van der Waals surface area (Å²) >= 11 is 0. The number of hydrogen-bond donors (Lipinski definition) is 0. The number of carbonyl (C=O) groups excluding carboxylic acids is 3. The summed E-state index contributed by atoms with van der Waals surface area (Å²) in [5.74, 6) is -0.120. The topological polar surface area (TPSA) is 97.5 Å². The first-order chi connectivity index (χ1) is 14.5. The van der Waals surface area contributed by atoms with E-state index < -0.39 is 11.8 Å². The van der Waals surface area contributed by atoms with E-state index in [4.69, 9.17) is 0 Å². The van der Waals surface area contributed by atoms with E-state index in [2.05, 4.69) is 5.10 Å². The lowest BCUT2D eigenvalue weighted by Crippen LogP contribution is -2.45. The summed E-state index contributed by atoms with van der Waals surface area (Å²) in [7, 11) is 1.67. The molecule has 0 unspecified atom stereocenters. The smallest absolute Gasteiger partial charge is 0.341 e. The molecule has 9 heteroatoms. The van der Waals surface area contributed by atoms with E-state index >= 15 is 0 Å². The number of amides is 3. The van der Waals surface area contributed by atoms with Crippen LogP contribution in [0.5, 0.6) is 0 Å². The van der Waals surface area contributed by atoms with Crippen LogP contribution in [0.15, 0.2) is 29.1 Å². The zero-order valence-electron chi connectivity index (χ0n) is 16.8. The van der Waals surface area contributed by atoms with Crippen LogP contribution in [0, 0.1) is 0 Å². The number of benzene rings is 1. The number of fused-ring (bicyclic) bond motifs is 1. The molecule has 1 aliphatic carbocycles. The van der Waals surface area contributed by atoms with Crippen molar-refractivity contribution in [2.45, 2.75) is 37.6 Å². The van der Waals surface area contributed by atoms with Gasteiger partial charge in [0.2, 0.25) is 5.91 Å². The molecule has 2 aliphatic heterocycles. The molecule has 0 radical (unpaired) electrons. The van der Waals surface area contributed by atoms with Gasteiger partial charge in [0.1, 0.15) is 12.4 Å². The minimum atomic E-state index is -0.416. The fourth-order valence-corrected chi connectivity index (χ4v) is 4.46. The van der Waals surface area contributed by atoms with Crippen LogP contribution in [0.2, 0.25) is 0 Å². The Morgan fingerprint density at radius 1 is 1.00 bits per heavy atom. The maximum atomic E-state index is 12.8. The standard InChI is InChI=1S/C21H23N5O4/c1-23-21(30)26(14-6-7-14)18(22-23)13-8-10-24(11-9-13)17(27)12-25-19(28)15-4-2-3-5-16(15)20(25)29/h2-5,13-14H,6-12H2,1H3. The van der Waals surface area contributed by atoms with Gasteiger partial charge in [-0.15, -0.1) is 0 Å². The molecule has 5 rings (SSSR count). The minimum absolute atomic E-state index is 0.0726. The minimum Gasteiger partial charge on any atom is -0.341 e. The lowest BCUT2D eigenvalue weighted by molar-refractivity contribution is -0.132. The van der Waals surface area contributed by atoms with Crippen LogP contribution in [0.1, 0.15) is 64.2 Å². The van der Waals surface area contributed by atoms with Gasteiger partial charge in [-0.05, 0) is 37.8 Å². The van der Waals surface area contributed by atoms with Crippen molar-refractivity contribution in [2.24, 2.45) is 7.05 Å². The Morgan fingerprint density at radius 2 is 1.60 bits per heavy atom. The Bertz CT molecular complexity index is 1070. The molecule has 3 aliphatic rings. The van der Waals surface area contributed by atoms with Crippen molar-refractivity contribution >= 4 is 17.7 Å². The molecule has 9 nitrogen and oxygen atoms in total. The van der Waals surface area contributed by atoms with E-state index in [1.165, 1.54) is 4.68 Å². The van der Waals surface area contributed by atoms with Gasteiger partial charge in [-0.3, -0.25) is 23.9 Å². The van der Waals surface area contributed by atoms with Crippen LogP contribution in [-0.4, -0.2) is 61.5 Å². The number of imide groups is 1. The third-order valence-electron chi connectivity index (χ3n) is 6.28. The number of aryl methyl sites for hydroxylation is 1. The molecule has 0 atom stereocenters. The van der Waals surface area contributed by atoms with Crippen molar-refractivity contribution in [3.05, 3.63) is 51.7 Å². The summed E-state index contributed by atoms with van der Waals surface area (Å²) in [5.41, 5.74) is 0.626. The Morgan fingerprint density at radius 3 is 2.17 bits per heavy atom. The first-order valence-corrected chi connectivity index (χ1v) is 10.3. The predicted molar refractivity (Wildman–Crippen MR) is 106 cm³/mol. The average molecular weight is 409 g/mol. The van der Waals surface area contributed by atoms with E-state index in [-0.39, 0.29) is 30.1 Å². The highest BCUT2D eigenvalue weighted by Gasteiger charge is 2.38. The molecule has 3 amide bonds. The van der Waals surface area contributed by atoms with E-state index in [1.807, 2.05) is 4.57 Å². The molecule has 1 aromatic carbocycles. The SMILES string of the molecule is Cn1nc(C2CCN(C(=O)CN3C(=O)c4ccccc4C3=O)CC2)n(C2CC2)c1=O. The average Bonchev–Trinajstić information content (AvgIpc) is 3.52. The van der Waals surface area contributed by atoms with Gasteiger partial charge in [0.15, 0.2) is 0 Å². The van der Waals surface area contributed by atoms with Crippen molar-refractivity contribution in [1.82, 2.24) is 24.1 Å². The first kappa shape index (κ1) is 18.8. The van der Waals surface area contributed by atoms with E-state index in [9.17, 15) is 19.2 Å². The third kappa shape index (κ3) is 2.96. The molecule has 3 heterocycles. The Balaban J connectivity index is 1.24. The van der Waals surface area contributed by atoms with Gasteiger partial charge in [0.25, 0.3) is 11.8 Å². The summed E-state index contributed by atoms with van der Waals surface area (Å²) in [4.78, 5) is 52.9. The van der Waals surface area contributed by atoms with E-state index in [0.29, 0.717) is 37.1 Å². The van der Waals surface area contributed by atoms with Gasteiger partial charge in [0, 0.05) is 32.1 Å². The number of piperidine rings is 1. The van der Waals surface area contributed by atoms with Gasteiger partial charge >= 0.3 is 5.69 Å². The summed E-state index contributed by atoms with van der Waals surface area (Å²) in [6.07, 6.45) is 3.43. The van der Waals surface area contributed by atoms with Gasteiger partial charge in [-0.1, -0.05) is 12.1 Å². The molecule has 2 aromatic rings. The summed E-state index contributed by atoms with van der Waals surface area (Å²) < 4.78 is 3.22. The van der Waals surface area contributed by atoms with Crippen LogP contribution in [0.25, 0.3) is 0 Å². The maximum Gasteiger partial charge on any atom is 0.345 e. The summed E-state index contributed by atoms with van der Waals surface area (Å²) in [6, 6.07) is 6.89. The van der Waals surface area contributed by atoms with Crippen LogP contribution in [-0.2, 0) is 11.8 Å². The molecular formula is C21H23N5O4. The molecule has 1 saturated carbocycles. The fraction of sp³-hybridized carbons (Fsp3) is 0.476. The Hall–Kier alpha value is -3.23. The van der Waals surface area contributed by atoms with Gasteiger partial charge in [-0.25, -0.2) is 9.48 Å². The van der Waals surface area contributed by atoms with Gasteiger partial charge < -0.3 is 4.90 Å². The Labute approximate surface area is 172 Å². The highest BCUT2D eigenvalue weighted by molar-refractivity contribution is 6.22. The molecule has 1 saturated heterocycles. The molecular weight excluding hydrogens is 386 g/mol. The van der Waals surface area contributed by atoms with Crippen LogP contribution >= 0.6 is 0 Å². The van der Waals surface area contributed by atoms with Crippen LogP contribution in [0.3, 0.4) is 0 Å². The lowest BCUT2D eigenvalue weighted by Gasteiger charge is -2.32. The second-order valence-electron chi connectivity index (χ2n) is 8.26. The number of hydrogen-bond acceptors (Lipinski definition) is 5. The largest absolute Gasteiger partial charge is 0.345 e. The van der Waals surface area contributed by atoms with Crippen molar-refractivity contribution in [3.63, 3.8) is 0 Å². The molecule has 0 spiro atoms. The van der Waals surface area contributed by atoms with E-state index in [1.54, 1.807) is 36.2 Å². The number of rotatable bonds is 4. The van der Waals surface area contributed by atoms with E-state index in [0.717, 1.165) is 23.6 Å². The zero-order valence-corrected chi connectivity index (χ0v) is 16.8. The first-order valence-electron chi connectivity index (χ1n) is 10.3. The fourth-order valence-electron chi connectivity index (χ4n) is 4.46. The normalized spacial score (nSPS) is 19.5. The second-order valence-corrected chi connectivity index (χ2v) is 8.26. The van der Waals surface area contributed by atoms with Crippen molar-refractivity contribution in [2.75, 3.05) is 19.6 Å². The quantitative estimate of drug-likeness (QED) is 0.700. The van der Waals surface area contributed by atoms with Gasteiger partial charge in [-0.2, -0.15) is 5.10 Å². The number of nitrogens with zero attached hydrogens (tertiary/aromatic N) is 5. The molecule has 0 bridgehead atoms. The Kier molecular flexibility index (Phi) is 4.34. The number of carbonyl (C=O) groups is 3. The van der Waals surface area contributed by atoms with Crippen molar-refractivity contribution in [1.29, 1.82) is 0 Å². The second kappa shape index (κ2) is 6.93. The van der Waals surface area contributed by atoms with Crippen LogP contribution in [0.4, 0.5) is 0 Å². The molecule has 1 aromatic heterocycles. The van der Waals surface area contributed by atoms with Crippen molar-refractivity contribution in [3.8, 4) is 0 Å². The third-order valence-corrected chi connectivity index (χ3v) is 6.28. The molecule has 156 valence electrons. The monoisotopic (exact) mass is 409 g/mol. The highest BCUT2D eigenvalue weighted by atomic mass is 16.2. The van der Waals surface area contributed by atoms with Crippen LogP contribution < -0.4 is 5.69 Å². The molecule has 2 fully saturated rings. The summed E-state index contributed by atoms with van der Waals surface area (Å²) in [6.45, 7) is 0.789. The maximum absolute atomic E-state index is 12.8. The number of aromatic nitrogens is 3. The lowest BCUT2D eigenvalue weighted by atomic mass is 9.95. The van der Waals surface area contributed by atoms with Crippen molar-refractivity contribution < 1.29 is 14.4 Å². The zero-order chi connectivity index (χ0) is 21.0. The predicted octanol–water partition coefficient (Wildman–Crippen LogP) is 0.919. The molecule has 0 N–H and O–H groups in total. The molecule has 30 heavy (non-hydrogen) atoms. The number of likely N-dealkylation sites (tertiary alicyclic amines) is 1. The summed E-state index contributed by atoms with van der Waals surface area (Å²) in [5, 5.41) is 4.46.